The van der Waals surface area contributed by atoms with E-state index in [4.69, 9.17) is 5.73 Å². The molecule has 0 fully saturated rings. The molecule has 3 N–H and O–H groups in total. The number of H-pyrrole nitrogens is 1. The summed E-state index contributed by atoms with van der Waals surface area (Å²) in [6, 6.07) is 3.27. The first-order valence-electron chi connectivity index (χ1n) is 4.92. The summed E-state index contributed by atoms with van der Waals surface area (Å²) in [6.45, 7) is 0. The number of fused-ring (bicyclic) bond motifs is 1. The number of halogens is 1. The van der Waals surface area contributed by atoms with Gasteiger partial charge in [0.2, 0.25) is 6.20 Å². The Labute approximate surface area is 110 Å². The minimum absolute atomic E-state index is 0.342. The molecular weight excluding hydrogens is 302 g/mol. The van der Waals surface area contributed by atoms with E-state index in [0.717, 1.165) is 10.7 Å². The van der Waals surface area contributed by atoms with Gasteiger partial charge in [0.25, 0.3) is 5.91 Å². The van der Waals surface area contributed by atoms with Gasteiger partial charge >= 0.3 is 0 Å². The van der Waals surface area contributed by atoms with Crippen LogP contribution in [0.5, 0.6) is 0 Å². The molecule has 0 spiro atoms. The number of hydrogen-bond acceptors (Lipinski definition) is 3. The minimum Gasteiger partial charge on any atom is -0.366 e. The molecule has 0 unspecified atom stereocenters. The normalized spacial score (nSPS) is 11.2. The Hall–Kier alpha value is -2.15. The summed E-state index contributed by atoms with van der Waals surface area (Å²) in [6.07, 6.45) is 3.78. The summed E-state index contributed by atoms with van der Waals surface area (Å²) in [5, 5.41) is 11.0. The quantitative estimate of drug-likeness (QED) is 0.671. The van der Waals surface area contributed by atoms with E-state index in [1.807, 2.05) is 0 Å². The van der Waals surface area contributed by atoms with Gasteiger partial charge in [-0.25, -0.2) is 0 Å². The van der Waals surface area contributed by atoms with Gasteiger partial charge in [0.05, 0.1) is 16.0 Å². The highest BCUT2D eigenvalue weighted by atomic mass is 79.9. The van der Waals surface area contributed by atoms with Gasteiger partial charge in [-0.3, -0.25) is 14.9 Å². The fraction of sp³-hybridized carbons (Fsp3) is 0. The lowest BCUT2D eigenvalue weighted by atomic mass is 10.1. The minimum atomic E-state index is -0.556. The van der Waals surface area contributed by atoms with Crippen molar-refractivity contribution in [2.45, 2.75) is 0 Å². The molecule has 0 aliphatic heterocycles. The van der Waals surface area contributed by atoms with Gasteiger partial charge in [-0.15, -0.1) is 0 Å². The number of carbonyl (C=O) groups is 1. The molecule has 1 aromatic carbocycles. The predicted octanol–water partition coefficient (Wildman–Crippen LogP) is 2.28. The summed E-state index contributed by atoms with van der Waals surface area (Å²) in [7, 11) is 0. The molecule has 0 saturated heterocycles. The summed E-state index contributed by atoms with van der Waals surface area (Å²) in [5.41, 5.74) is 6.77. The molecule has 1 heterocycles. The predicted molar refractivity (Wildman–Crippen MR) is 70.5 cm³/mol. The van der Waals surface area contributed by atoms with E-state index < -0.39 is 10.8 Å². The van der Waals surface area contributed by atoms with E-state index >= 15 is 0 Å². The highest BCUT2D eigenvalue weighted by Crippen LogP contribution is 2.30. The highest BCUT2D eigenvalue weighted by Gasteiger charge is 2.13. The summed E-state index contributed by atoms with van der Waals surface area (Å²) in [4.78, 5) is 23.9. The lowest BCUT2D eigenvalue weighted by Crippen LogP contribution is -2.11. The molecule has 0 aliphatic rings. The largest absolute Gasteiger partial charge is 0.366 e. The number of aromatic amines is 1. The second-order valence-corrected chi connectivity index (χ2v) is 4.41. The Balaban J connectivity index is 2.69. The molecular formula is C11H8BrN3O3. The van der Waals surface area contributed by atoms with Crippen LogP contribution >= 0.6 is 15.9 Å². The lowest BCUT2D eigenvalue weighted by molar-refractivity contribution is -0.400. The number of nitro groups is 1. The fourth-order valence-electron chi connectivity index (χ4n) is 1.71. The fourth-order valence-corrected chi connectivity index (χ4v) is 2.27. The molecule has 0 bridgehead atoms. The maximum atomic E-state index is 11.3. The molecule has 0 radical (unpaired) electrons. The number of nitrogens with two attached hydrogens (primary N) is 1. The van der Waals surface area contributed by atoms with Crippen molar-refractivity contribution in [1.29, 1.82) is 0 Å². The molecule has 18 heavy (non-hydrogen) atoms. The highest BCUT2D eigenvalue weighted by molar-refractivity contribution is 9.10. The first kappa shape index (κ1) is 12.3. The molecule has 1 aromatic heterocycles. The standard InChI is InChI=1S/C11H8BrN3O3/c12-8-2-1-7(11(13)16)10-9(8)6(5-14-10)3-4-15(17)18/h1-5,14H,(H2,13,16)/b4-3-. The van der Waals surface area contributed by atoms with Crippen molar-refractivity contribution in [1.82, 2.24) is 4.98 Å². The van der Waals surface area contributed by atoms with Gasteiger partial charge in [-0.1, -0.05) is 15.9 Å². The summed E-state index contributed by atoms with van der Waals surface area (Å²) >= 11 is 3.34. The maximum Gasteiger partial charge on any atom is 0.250 e. The SMILES string of the molecule is NC(=O)c1ccc(Br)c2c(/C=C\[N+](=O)[O-])c[nH]c12. The van der Waals surface area contributed by atoms with Gasteiger partial charge in [0.15, 0.2) is 0 Å². The lowest BCUT2D eigenvalue weighted by Gasteiger charge is -2.01. The number of benzene rings is 1. The number of primary amides is 1. The van der Waals surface area contributed by atoms with E-state index in [9.17, 15) is 14.9 Å². The number of hydrogen-bond donors (Lipinski definition) is 2. The molecule has 92 valence electrons. The van der Waals surface area contributed by atoms with Crippen molar-refractivity contribution in [3.63, 3.8) is 0 Å². The van der Waals surface area contributed by atoms with Crippen LogP contribution in [-0.2, 0) is 0 Å². The molecule has 1 amide bonds. The average molecular weight is 310 g/mol. The second kappa shape index (κ2) is 4.61. The van der Waals surface area contributed by atoms with E-state index in [2.05, 4.69) is 20.9 Å². The number of nitrogens with one attached hydrogen (secondary N) is 1. The molecule has 6 nitrogen and oxygen atoms in total. The number of aromatic nitrogens is 1. The van der Waals surface area contributed by atoms with Gasteiger partial charge in [0.1, 0.15) is 0 Å². The third kappa shape index (κ3) is 2.12. The third-order valence-electron chi connectivity index (χ3n) is 2.46. The van der Waals surface area contributed by atoms with Gasteiger partial charge in [0, 0.05) is 27.7 Å². The van der Waals surface area contributed by atoms with Crippen molar-refractivity contribution in [2.24, 2.45) is 5.73 Å². The zero-order valence-electron chi connectivity index (χ0n) is 9.01. The molecule has 0 aliphatic carbocycles. The van der Waals surface area contributed by atoms with E-state index in [0.29, 0.717) is 22.0 Å². The Morgan fingerprint density at radius 1 is 1.50 bits per heavy atom. The molecule has 2 aromatic rings. The summed E-state index contributed by atoms with van der Waals surface area (Å²) < 4.78 is 0.728. The van der Waals surface area contributed by atoms with Crippen LogP contribution in [0.3, 0.4) is 0 Å². The van der Waals surface area contributed by atoms with E-state index in [1.54, 1.807) is 18.3 Å². The molecule has 0 atom stereocenters. The maximum absolute atomic E-state index is 11.3. The second-order valence-electron chi connectivity index (χ2n) is 3.55. The first-order chi connectivity index (χ1) is 8.50. The zero-order valence-corrected chi connectivity index (χ0v) is 10.6. The van der Waals surface area contributed by atoms with Crippen molar-refractivity contribution < 1.29 is 9.72 Å². The van der Waals surface area contributed by atoms with Crippen molar-refractivity contribution >= 4 is 38.8 Å². The van der Waals surface area contributed by atoms with Crippen LogP contribution in [0.1, 0.15) is 15.9 Å². The zero-order chi connectivity index (χ0) is 13.3. The summed E-state index contributed by atoms with van der Waals surface area (Å²) in [5.74, 6) is -0.556. The molecule has 7 heteroatoms. The topological polar surface area (TPSA) is 102 Å². The monoisotopic (exact) mass is 309 g/mol. The number of carbonyl (C=O) groups excluding carboxylic acids is 1. The van der Waals surface area contributed by atoms with Gasteiger partial charge in [-0.2, -0.15) is 0 Å². The number of rotatable bonds is 3. The van der Waals surface area contributed by atoms with Crippen LogP contribution in [0.15, 0.2) is 29.0 Å². The van der Waals surface area contributed by atoms with Crippen LogP contribution < -0.4 is 5.73 Å². The van der Waals surface area contributed by atoms with Crippen LogP contribution in [0.2, 0.25) is 0 Å². The Morgan fingerprint density at radius 2 is 2.22 bits per heavy atom. The third-order valence-corrected chi connectivity index (χ3v) is 3.12. The molecule has 2 rings (SSSR count). The van der Waals surface area contributed by atoms with Crippen molar-refractivity contribution in [2.75, 3.05) is 0 Å². The van der Waals surface area contributed by atoms with Crippen molar-refractivity contribution in [3.05, 3.63) is 50.2 Å². The van der Waals surface area contributed by atoms with Crippen LogP contribution in [0, 0.1) is 10.1 Å². The number of nitrogens with zero attached hydrogens (tertiary/aromatic N) is 1. The smallest absolute Gasteiger partial charge is 0.250 e. The molecule has 0 saturated carbocycles. The Morgan fingerprint density at radius 3 is 2.83 bits per heavy atom. The Bertz CT molecular complexity index is 675. The Kier molecular flexibility index (Phi) is 3.15. The average Bonchev–Trinajstić information content (AvgIpc) is 2.71. The van der Waals surface area contributed by atoms with Gasteiger partial charge in [-0.05, 0) is 12.1 Å². The van der Waals surface area contributed by atoms with Gasteiger partial charge < -0.3 is 10.7 Å². The number of amides is 1. The van der Waals surface area contributed by atoms with Crippen molar-refractivity contribution in [3.8, 4) is 0 Å². The first-order valence-corrected chi connectivity index (χ1v) is 5.71. The van der Waals surface area contributed by atoms with Crippen LogP contribution in [0.4, 0.5) is 0 Å². The van der Waals surface area contributed by atoms with Crippen LogP contribution in [0.25, 0.3) is 17.0 Å². The van der Waals surface area contributed by atoms with E-state index in [1.165, 1.54) is 6.08 Å². The van der Waals surface area contributed by atoms with Crippen LogP contribution in [-0.4, -0.2) is 15.8 Å². The van der Waals surface area contributed by atoms with E-state index in [-0.39, 0.29) is 0 Å².